The Morgan fingerprint density at radius 1 is 1.26 bits per heavy atom. The quantitative estimate of drug-likeness (QED) is 0.355. The van der Waals surface area contributed by atoms with Crippen LogP contribution >= 0.6 is 24.0 Å². The second-order valence-electron chi connectivity index (χ2n) is 6.73. The molecule has 0 amide bonds. The van der Waals surface area contributed by atoms with Crippen LogP contribution in [0.15, 0.2) is 9.41 Å². The lowest BCUT2D eigenvalue weighted by atomic mass is 9.93. The van der Waals surface area contributed by atoms with Crippen molar-refractivity contribution in [2.75, 3.05) is 33.2 Å². The van der Waals surface area contributed by atoms with E-state index in [4.69, 9.17) is 4.42 Å². The van der Waals surface area contributed by atoms with E-state index in [0.717, 1.165) is 37.3 Å². The first-order valence-corrected chi connectivity index (χ1v) is 8.93. The highest BCUT2D eigenvalue weighted by Crippen LogP contribution is 2.23. The van der Waals surface area contributed by atoms with Gasteiger partial charge >= 0.3 is 6.18 Å². The number of halogens is 4. The van der Waals surface area contributed by atoms with Crippen LogP contribution in [0.4, 0.5) is 13.2 Å². The van der Waals surface area contributed by atoms with Gasteiger partial charge in [0.05, 0.1) is 18.8 Å². The first-order chi connectivity index (χ1) is 12.3. The minimum absolute atomic E-state index is 0. The lowest BCUT2D eigenvalue weighted by molar-refractivity contribution is -0.148. The van der Waals surface area contributed by atoms with E-state index >= 15 is 0 Å². The molecule has 0 radical (unpaired) electrons. The second-order valence-corrected chi connectivity index (χ2v) is 6.73. The number of oxazole rings is 1. The molecule has 0 aliphatic carbocycles. The number of nitrogens with one attached hydrogen (secondary N) is 2. The van der Waals surface area contributed by atoms with Gasteiger partial charge < -0.3 is 15.1 Å². The van der Waals surface area contributed by atoms with Crippen LogP contribution in [0.2, 0.25) is 0 Å². The standard InChI is InChI=1S/C17H28F3N5O.HI/c1-12-13(2)26-15(24-12)10-23-16(21-3)22-7-4-14-5-8-25(9-6-14)11-17(18,19)20;/h14H,4-11H2,1-3H3,(H2,21,22,23);1H. The molecule has 1 aromatic rings. The van der Waals surface area contributed by atoms with Crippen LogP contribution in [-0.4, -0.2) is 55.2 Å². The number of hydrogen-bond donors (Lipinski definition) is 2. The summed E-state index contributed by atoms with van der Waals surface area (Å²) in [6.45, 7) is 5.18. The Kier molecular flexibility index (Phi) is 9.85. The van der Waals surface area contributed by atoms with Crippen molar-refractivity contribution in [3.8, 4) is 0 Å². The maximum Gasteiger partial charge on any atom is 0.401 e. The molecule has 1 fully saturated rings. The highest BCUT2D eigenvalue weighted by molar-refractivity contribution is 14.0. The first kappa shape index (κ1) is 24.0. The Hall–Kier alpha value is -1.04. The fourth-order valence-electron chi connectivity index (χ4n) is 3.08. The van der Waals surface area contributed by atoms with E-state index in [-0.39, 0.29) is 24.0 Å². The van der Waals surface area contributed by atoms with Crippen LogP contribution in [0.5, 0.6) is 0 Å². The Labute approximate surface area is 175 Å². The molecule has 1 aromatic heterocycles. The zero-order chi connectivity index (χ0) is 19.2. The van der Waals surface area contributed by atoms with E-state index in [1.807, 2.05) is 13.8 Å². The van der Waals surface area contributed by atoms with Crippen LogP contribution in [0.1, 0.15) is 36.6 Å². The van der Waals surface area contributed by atoms with Crippen molar-refractivity contribution in [3.63, 3.8) is 0 Å². The van der Waals surface area contributed by atoms with Gasteiger partial charge in [-0.1, -0.05) is 0 Å². The van der Waals surface area contributed by atoms with Gasteiger partial charge in [0.25, 0.3) is 0 Å². The summed E-state index contributed by atoms with van der Waals surface area (Å²) in [5.41, 5.74) is 0.876. The molecule has 0 bridgehead atoms. The third-order valence-electron chi connectivity index (χ3n) is 4.66. The molecular weight excluding hydrogens is 474 g/mol. The molecule has 1 saturated heterocycles. The summed E-state index contributed by atoms with van der Waals surface area (Å²) >= 11 is 0. The van der Waals surface area contributed by atoms with Crippen molar-refractivity contribution in [2.24, 2.45) is 10.9 Å². The number of aryl methyl sites for hydroxylation is 2. The lowest BCUT2D eigenvalue weighted by Gasteiger charge is -2.32. The van der Waals surface area contributed by atoms with Crippen LogP contribution in [-0.2, 0) is 6.54 Å². The molecule has 27 heavy (non-hydrogen) atoms. The normalized spacial score (nSPS) is 16.9. The molecule has 10 heteroatoms. The molecule has 156 valence electrons. The van der Waals surface area contributed by atoms with Crippen molar-refractivity contribution in [1.29, 1.82) is 0 Å². The second kappa shape index (κ2) is 11.1. The highest BCUT2D eigenvalue weighted by atomic mass is 127. The molecule has 0 saturated carbocycles. The van der Waals surface area contributed by atoms with Gasteiger partial charge in [0.15, 0.2) is 5.96 Å². The largest absolute Gasteiger partial charge is 0.444 e. The summed E-state index contributed by atoms with van der Waals surface area (Å²) in [5, 5.41) is 6.38. The summed E-state index contributed by atoms with van der Waals surface area (Å²) < 4.78 is 42.7. The van der Waals surface area contributed by atoms with Gasteiger partial charge in [0.2, 0.25) is 5.89 Å². The fraction of sp³-hybridized carbons (Fsp3) is 0.765. The van der Waals surface area contributed by atoms with E-state index in [2.05, 4.69) is 20.6 Å². The monoisotopic (exact) mass is 503 g/mol. The Bertz CT molecular complexity index is 578. The van der Waals surface area contributed by atoms with Crippen LogP contribution in [0, 0.1) is 19.8 Å². The van der Waals surface area contributed by atoms with Gasteiger partial charge in [-0.3, -0.25) is 9.89 Å². The summed E-state index contributed by atoms with van der Waals surface area (Å²) in [6.07, 6.45) is -1.58. The number of hydrogen-bond acceptors (Lipinski definition) is 4. The number of alkyl halides is 3. The smallest absolute Gasteiger partial charge is 0.401 e. The van der Waals surface area contributed by atoms with Gasteiger partial charge in [0.1, 0.15) is 5.76 Å². The summed E-state index contributed by atoms with van der Waals surface area (Å²) in [5.74, 6) is 2.52. The van der Waals surface area contributed by atoms with Gasteiger partial charge in [-0.15, -0.1) is 24.0 Å². The SMILES string of the molecule is CN=C(NCCC1CCN(CC(F)(F)F)CC1)NCc1nc(C)c(C)o1.I. The minimum Gasteiger partial charge on any atom is -0.444 e. The van der Waals surface area contributed by atoms with Crippen LogP contribution in [0.3, 0.4) is 0 Å². The Balaban J connectivity index is 0.00000364. The van der Waals surface area contributed by atoms with Crippen molar-refractivity contribution in [1.82, 2.24) is 20.5 Å². The summed E-state index contributed by atoms with van der Waals surface area (Å²) in [4.78, 5) is 9.96. The van der Waals surface area contributed by atoms with Crippen molar-refractivity contribution in [3.05, 3.63) is 17.3 Å². The first-order valence-electron chi connectivity index (χ1n) is 8.93. The van der Waals surface area contributed by atoms with Gasteiger partial charge in [0, 0.05) is 13.6 Å². The predicted octanol–water partition coefficient (Wildman–Crippen LogP) is 3.24. The van der Waals surface area contributed by atoms with Crippen molar-refractivity contribution in [2.45, 2.75) is 45.8 Å². The average Bonchev–Trinajstić information content (AvgIpc) is 2.89. The molecule has 6 nitrogen and oxygen atoms in total. The molecule has 0 atom stereocenters. The predicted molar refractivity (Wildman–Crippen MR) is 109 cm³/mol. The number of guanidine groups is 1. The van der Waals surface area contributed by atoms with E-state index in [9.17, 15) is 13.2 Å². The molecule has 2 rings (SSSR count). The van der Waals surface area contributed by atoms with Crippen LogP contribution < -0.4 is 10.6 Å². The number of aliphatic imine (C=N–C) groups is 1. The zero-order valence-electron chi connectivity index (χ0n) is 16.0. The third kappa shape index (κ3) is 8.67. The highest BCUT2D eigenvalue weighted by Gasteiger charge is 2.32. The molecule has 0 spiro atoms. The molecular formula is C17H29F3IN5O. The maximum absolute atomic E-state index is 12.4. The van der Waals surface area contributed by atoms with E-state index < -0.39 is 12.7 Å². The third-order valence-corrected chi connectivity index (χ3v) is 4.66. The van der Waals surface area contributed by atoms with Crippen molar-refractivity contribution < 1.29 is 17.6 Å². The van der Waals surface area contributed by atoms with E-state index in [0.29, 0.717) is 37.4 Å². The molecule has 2 heterocycles. The number of likely N-dealkylation sites (tertiary alicyclic amines) is 1. The van der Waals surface area contributed by atoms with Gasteiger partial charge in [-0.25, -0.2) is 4.98 Å². The summed E-state index contributed by atoms with van der Waals surface area (Å²) in [6, 6.07) is 0. The van der Waals surface area contributed by atoms with Gasteiger partial charge in [-0.05, 0) is 52.1 Å². The number of aromatic nitrogens is 1. The zero-order valence-corrected chi connectivity index (χ0v) is 18.4. The van der Waals surface area contributed by atoms with Gasteiger partial charge in [-0.2, -0.15) is 13.2 Å². The Morgan fingerprint density at radius 3 is 2.44 bits per heavy atom. The number of piperidine rings is 1. The van der Waals surface area contributed by atoms with E-state index in [1.165, 1.54) is 4.90 Å². The van der Waals surface area contributed by atoms with Crippen LogP contribution in [0.25, 0.3) is 0 Å². The molecule has 1 aliphatic heterocycles. The molecule has 0 aromatic carbocycles. The summed E-state index contributed by atoms with van der Waals surface area (Å²) in [7, 11) is 1.69. The maximum atomic E-state index is 12.4. The molecule has 2 N–H and O–H groups in total. The minimum atomic E-state index is -4.10. The fourth-order valence-corrected chi connectivity index (χ4v) is 3.08. The van der Waals surface area contributed by atoms with Crippen molar-refractivity contribution >= 4 is 29.9 Å². The topological polar surface area (TPSA) is 65.7 Å². The van der Waals surface area contributed by atoms with E-state index in [1.54, 1.807) is 7.05 Å². The lowest BCUT2D eigenvalue weighted by Crippen LogP contribution is -2.41. The number of rotatable bonds is 6. The Morgan fingerprint density at radius 2 is 1.93 bits per heavy atom. The molecule has 0 unspecified atom stereocenters. The molecule has 1 aliphatic rings. The average molecular weight is 503 g/mol. The number of nitrogens with zero attached hydrogens (tertiary/aromatic N) is 3.